The number of hydrogen-bond acceptors (Lipinski definition) is 2. The van der Waals surface area contributed by atoms with Gasteiger partial charge in [-0.1, -0.05) is 6.92 Å². The molecule has 0 bridgehead atoms. The van der Waals surface area contributed by atoms with Crippen LogP contribution in [0.25, 0.3) is 0 Å². The van der Waals surface area contributed by atoms with Gasteiger partial charge in [0.1, 0.15) is 0 Å². The predicted octanol–water partition coefficient (Wildman–Crippen LogP) is 1.72. The van der Waals surface area contributed by atoms with E-state index < -0.39 is 0 Å². The second-order valence-electron chi connectivity index (χ2n) is 3.35. The molecule has 0 spiro atoms. The van der Waals surface area contributed by atoms with Gasteiger partial charge in [0.25, 0.3) is 0 Å². The maximum Gasteiger partial charge on any atom is 0.0682 e. The molecule has 0 aliphatic carbocycles. The monoisotopic (exact) mass is 143 g/mol. The van der Waals surface area contributed by atoms with Crippen LogP contribution in [0.3, 0.4) is 0 Å². The Balaban J connectivity index is 2.25. The Morgan fingerprint density at radius 2 is 2.20 bits per heavy atom. The third kappa shape index (κ3) is 2.67. The zero-order valence-corrected chi connectivity index (χ0v) is 6.89. The molecule has 0 amide bonds. The number of hydroxylamine groups is 1. The van der Waals surface area contributed by atoms with E-state index >= 15 is 0 Å². The quantitative estimate of drug-likeness (QED) is 0.557. The molecule has 1 N–H and O–H groups in total. The SMILES string of the molecule is CC1CCCONC(C)C1. The average Bonchev–Trinajstić information content (AvgIpc) is 1.83. The van der Waals surface area contributed by atoms with Crippen LogP contribution in [0.5, 0.6) is 0 Å². The molecule has 0 radical (unpaired) electrons. The molecule has 0 aromatic heterocycles. The molecule has 2 unspecified atom stereocenters. The fraction of sp³-hybridized carbons (Fsp3) is 1.00. The van der Waals surface area contributed by atoms with E-state index in [9.17, 15) is 0 Å². The molecular formula is C8H17NO. The topological polar surface area (TPSA) is 21.3 Å². The summed E-state index contributed by atoms with van der Waals surface area (Å²) in [6, 6.07) is 0.523. The molecule has 10 heavy (non-hydrogen) atoms. The molecule has 60 valence electrons. The molecule has 1 saturated heterocycles. The Bertz CT molecular complexity index is 85.3. The summed E-state index contributed by atoms with van der Waals surface area (Å²) in [7, 11) is 0. The number of nitrogens with one attached hydrogen (secondary N) is 1. The molecule has 0 saturated carbocycles. The van der Waals surface area contributed by atoms with Crippen molar-refractivity contribution < 1.29 is 4.84 Å². The van der Waals surface area contributed by atoms with Crippen molar-refractivity contribution in [1.29, 1.82) is 0 Å². The summed E-state index contributed by atoms with van der Waals surface area (Å²) in [5.74, 6) is 0.853. The summed E-state index contributed by atoms with van der Waals surface area (Å²) in [4.78, 5) is 5.19. The first-order valence-corrected chi connectivity index (χ1v) is 4.16. The molecule has 1 aliphatic heterocycles. The molecule has 1 rings (SSSR count). The molecule has 0 aromatic rings. The van der Waals surface area contributed by atoms with E-state index in [1.165, 1.54) is 19.3 Å². The Morgan fingerprint density at radius 3 is 3.00 bits per heavy atom. The molecule has 0 aromatic carbocycles. The van der Waals surface area contributed by atoms with Crippen molar-refractivity contribution in [1.82, 2.24) is 5.48 Å². The summed E-state index contributed by atoms with van der Waals surface area (Å²) in [5, 5.41) is 0. The Hall–Kier alpha value is -0.0800. The van der Waals surface area contributed by atoms with Crippen LogP contribution in [0.2, 0.25) is 0 Å². The Morgan fingerprint density at radius 1 is 1.40 bits per heavy atom. The largest absolute Gasteiger partial charge is 0.302 e. The van der Waals surface area contributed by atoms with Gasteiger partial charge in [-0.2, -0.15) is 5.48 Å². The van der Waals surface area contributed by atoms with E-state index in [2.05, 4.69) is 19.3 Å². The summed E-state index contributed by atoms with van der Waals surface area (Å²) < 4.78 is 0. The molecule has 1 heterocycles. The van der Waals surface area contributed by atoms with Crippen molar-refractivity contribution >= 4 is 0 Å². The van der Waals surface area contributed by atoms with Crippen LogP contribution in [-0.2, 0) is 4.84 Å². The van der Waals surface area contributed by atoms with E-state index in [1.54, 1.807) is 0 Å². The van der Waals surface area contributed by atoms with E-state index in [-0.39, 0.29) is 0 Å². The highest BCUT2D eigenvalue weighted by Gasteiger charge is 2.10. The zero-order chi connectivity index (χ0) is 7.40. The van der Waals surface area contributed by atoms with Crippen LogP contribution in [0.1, 0.15) is 33.1 Å². The second kappa shape index (κ2) is 3.94. The Labute approximate surface area is 62.9 Å². The predicted molar refractivity (Wildman–Crippen MR) is 41.6 cm³/mol. The van der Waals surface area contributed by atoms with Gasteiger partial charge < -0.3 is 4.84 Å². The summed E-state index contributed by atoms with van der Waals surface area (Å²) in [6.45, 7) is 5.35. The highest BCUT2D eigenvalue weighted by molar-refractivity contribution is 4.63. The first-order chi connectivity index (χ1) is 4.79. The third-order valence-electron chi connectivity index (χ3n) is 1.98. The zero-order valence-electron chi connectivity index (χ0n) is 6.89. The van der Waals surface area contributed by atoms with Gasteiger partial charge in [0.2, 0.25) is 0 Å². The summed E-state index contributed by atoms with van der Waals surface area (Å²) in [6.07, 6.45) is 3.74. The van der Waals surface area contributed by atoms with Gasteiger partial charge in [0.15, 0.2) is 0 Å². The van der Waals surface area contributed by atoms with Crippen molar-refractivity contribution in [2.45, 2.75) is 39.2 Å². The van der Waals surface area contributed by atoms with Crippen molar-refractivity contribution in [3.63, 3.8) is 0 Å². The van der Waals surface area contributed by atoms with Gasteiger partial charge in [0, 0.05) is 6.04 Å². The van der Waals surface area contributed by atoms with Gasteiger partial charge in [-0.25, -0.2) is 0 Å². The lowest BCUT2D eigenvalue weighted by atomic mass is 9.98. The molecule has 2 heteroatoms. The number of rotatable bonds is 0. The minimum absolute atomic E-state index is 0.523. The van der Waals surface area contributed by atoms with Crippen LogP contribution in [0.4, 0.5) is 0 Å². The van der Waals surface area contributed by atoms with E-state index in [4.69, 9.17) is 4.84 Å². The smallest absolute Gasteiger partial charge is 0.0682 e. The van der Waals surface area contributed by atoms with Crippen LogP contribution < -0.4 is 5.48 Å². The van der Waals surface area contributed by atoms with Gasteiger partial charge in [-0.3, -0.25) is 0 Å². The fourth-order valence-corrected chi connectivity index (χ4v) is 1.47. The lowest BCUT2D eigenvalue weighted by molar-refractivity contribution is 0.000705. The normalized spacial score (nSPS) is 36.6. The highest BCUT2D eigenvalue weighted by atomic mass is 16.6. The van der Waals surface area contributed by atoms with Gasteiger partial charge in [0.05, 0.1) is 6.61 Å². The summed E-state index contributed by atoms with van der Waals surface area (Å²) in [5.41, 5.74) is 3.01. The van der Waals surface area contributed by atoms with Crippen LogP contribution in [-0.4, -0.2) is 12.6 Å². The van der Waals surface area contributed by atoms with Crippen molar-refractivity contribution in [3.05, 3.63) is 0 Å². The maximum absolute atomic E-state index is 5.19. The fourth-order valence-electron chi connectivity index (χ4n) is 1.47. The second-order valence-corrected chi connectivity index (χ2v) is 3.35. The minimum Gasteiger partial charge on any atom is -0.302 e. The van der Waals surface area contributed by atoms with Crippen LogP contribution >= 0.6 is 0 Å². The van der Waals surface area contributed by atoms with Gasteiger partial charge in [-0.15, -0.1) is 0 Å². The first-order valence-electron chi connectivity index (χ1n) is 4.16. The van der Waals surface area contributed by atoms with E-state index in [0.29, 0.717) is 6.04 Å². The molecule has 2 nitrogen and oxygen atoms in total. The van der Waals surface area contributed by atoms with Gasteiger partial charge in [-0.05, 0) is 32.1 Å². The lowest BCUT2D eigenvalue weighted by Crippen LogP contribution is -2.30. The van der Waals surface area contributed by atoms with Crippen molar-refractivity contribution in [3.8, 4) is 0 Å². The van der Waals surface area contributed by atoms with E-state index in [1.807, 2.05) is 0 Å². The van der Waals surface area contributed by atoms with Crippen molar-refractivity contribution in [2.75, 3.05) is 6.61 Å². The lowest BCUT2D eigenvalue weighted by Gasteiger charge is -2.21. The molecule has 1 aliphatic rings. The first kappa shape index (κ1) is 8.02. The molecule has 2 atom stereocenters. The number of hydrogen-bond donors (Lipinski definition) is 1. The Kier molecular flexibility index (Phi) is 3.16. The van der Waals surface area contributed by atoms with Crippen LogP contribution in [0.15, 0.2) is 0 Å². The summed E-state index contributed by atoms with van der Waals surface area (Å²) >= 11 is 0. The average molecular weight is 143 g/mol. The maximum atomic E-state index is 5.19. The van der Waals surface area contributed by atoms with Crippen molar-refractivity contribution in [2.24, 2.45) is 5.92 Å². The van der Waals surface area contributed by atoms with Crippen LogP contribution in [0, 0.1) is 5.92 Å². The highest BCUT2D eigenvalue weighted by Crippen LogP contribution is 2.14. The van der Waals surface area contributed by atoms with E-state index in [0.717, 1.165) is 12.5 Å². The standard InChI is InChI=1S/C8H17NO/c1-7-4-3-5-10-9-8(2)6-7/h7-9H,3-6H2,1-2H3. The molecular weight excluding hydrogens is 126 g/mol. The third-order valence-corrected chi connectivity index (χ3v) is 1.98. The molecule has 1 fully saturated rings. The van der Waals surface area contributed by atoms with Gasteiger partial charge >= 0.3 is 0 Å². The minimum atomic E-state index is 0.523.